The van der Waals surface area contributed by atoms with Crippen molar-refractivity contribution in [3.05, 3.63) is 0 Å². The Morgan fingerprint density at radius 2 is 2.05 bits per heavy atom. The molecule has 0 spiro atoms. The van der Waals surface area contributed by atoms with Crippen molar-refractivity contribution in [1.82, 2.24) is 10.6 Å². The van der Waals surface area contributed by atoms with Crippen molar-refractivity contribution in [1.29, 1.82) is 0 Å². The molecular formula is C12H20N2O4S. The summed E-state index contributed by atoms with van der Waals surface area (Å²) in [6.45, 7) is 1.74. The van der Waals surface area contributed by atoms with E-state index in [-0.39, 0.29) is 23.0 Å². The zero-order valence-corrected chi connectivity index (χ0v) is 11.7. The van der Waals surface area contributed by atoms with E-state index in [2.05, 4.69) is 10.6 Å². The maximum atomic E-state index is 11.9. The normalized spacial score (nSPS) is 18.6. The maximum Gasteiger partial charge on any atom is 0.327 e. The lowest BCUT2D eigenvalue weighted by atomic mass is 10.2. The number of carboxylic acid groups (broad SMARTS) is 1. The molecule has 0 heterocycles. The van der Waals surface area contributed by atoms with Crippen molar-refractivity contribution < 1.29 is 19.5 Å². The number of amides is 2. The second-order valence-electron chi connectivity index (χ2n) is 4.64. The molecule has 1 fully saturated rings. The van der Waals surface area contributed by atoms with Crippen LogP contribution >= 0.6 is 11.8 Å². The molecule has 0 aliphatic heterocycles. The van der Waals surface area contributed by atoms with Crippen molar-refractivity contribution in [3.63, 3.8) is 0 Å². The van der Waals surface area contributed by atoms with Gasteiger partial charge in [-0.1, -0.05) is 12.8 Å². The molecule has 2 atom stereocenters. The summed E-state index contributed by atoms with van der Waals surface area (Å²) in [7, 11) is 0. The van der Waals surface area contributed by atoms with Gasteiger partial charge in [-0.25, -0.2) is 4.79 Å². The van der Waals surface area contributed by atoms with Gasteiger partial charge < -0.3 is 15.7 Å². The van der Waals surface area contributed by atoms with Gasteiger partial charge in [0.1, 0.15) is 6.04 Å². The zero-order valence-electron chi connectivity index (χ0n) is 10.9. The number of rotatable bonds is 8. The number of nitrogens with one attached hydrogen (secondary N) is 2. The molecule has 0 aromatic carbocycles. The van der Waals surface area contributed by atoms with Crippen LogP contribution in [0, 0.1) is 0 Å². The number of carbonyl (C=O) groups is 3. The molecule has 2 amide bonds. The second kappa shape index (κ2) is 8.04. The third kappa shape index (κ3) is 5.50. The van der Waals surface area contributed by atoms with Gasteiger partial charge in [0, 0.05) is 11.8 Å². The number of hydrogen-bond acceptors (Lipinski definition) is 4. The molecule has 3 N–H and O–H groups in total. The van der Waals surface area contributed by atoms with Crippen LogP contribution in [0.4, 0.5) is 0 Å². The predicted molar refractivity (Wildman–Crippen MR) is 72.9 cm³/mol. The molecule has 1 saturated carbocycles. The third-order valence-corrected chi connectivity index (χ3v) is 4.39. The minimum Gasteiger partial charge on any atom is -0.480 e. The van der Waals surface area contributed by atoms with E-state index in [1.165, 1.54) is 11.8 Å². The molecule has 1 aliphatic carbocycles. The van der Waals surface area contributed by atoms with Crippen LogP contribution in [0.15, 0.2) is 0 Å². The zero-order chi connectivity index (χ0) is 14.3. The molecule has 0 aromatic heterocycles. The summed E-state index contributed by atoms with van der Waals surface area (Å²) in [6, 6.07) is -0.692. The number of hydrogen-bond donors (Lipinski definition) is 3. The Balaban J connectivity index is 2.31. The fraction of sp³-hybridized carbons (Fsp3) is 0.750. The molecule has 0 bridgehead atoms. The second-order valence-corrected chi connectivity index (χ2v) is 6.01. The van der Waals surface area contributed by atoms with Crippen LogP contribution in [-0.2, 0) is 14.4 Å². The smallest absolute Gasteiger partial charge is 0.327 e. The van der Waals surface area contributed by atoms with Gasteiger partial charge in [-0.15, -0.1) is 11.8 Å². The lowest BCUT2D eigenvalue weighted by Crippen LogP contribution is -2.41. The first-order valence-corrected chi connectivity index (χ1v) is 7.44. The van der Waals surface area contributed by atoms with Gasteiger partial charge in [-0.2, -0.15) is 0 Å². The first-order chi connectivity index (χ1) is 9.04. The van der Waals surface area contributed by atoms with E-state index < -0.39 is 12.0 Å². The van der Waals surface area contributed by atoms with Crippen LogP contribution in [0.5, 0.6) is 0 Å². The van der Waals surface area contributed by atoms with Crippen molar-refractivity contribution in [2.75, 3.05) is 5.75 Å². The molecule has 0 saturated heterocycles. The Labute approximate surface area is 116 Å². The van der Waals surface area contributed by atoms with E-state index in [1.807, 2.05) is 0 Å². The summed E-state index contributed by atoms with van der Waals surface area (Å²) in [5, 5.41) is 13.7. The summed E-state index contributed by atoms with van der Waals surface area (Å²) < 4.78 is 0. The van der Waals surface area contributed by atoms with Crippen molar-refractivity contribution in [3.8, 4) is 0 Å². The highest BCUT2D eigenvalue weighted by molar-refractivity contribution is 8.00. The highest BCUT2D eigenvalue weighted by atomic mass is 32.2. The average Bonchev–Trinajstić information content (AvgIpc) is 2.86. The van der Waals surface area contributed by atoms with E-state index in [9.17, 15) is 14.4 Å². The van der Waals surface area contributed by atoms with Gasteiger partial charge in [0.25, 0.3) is 0 Å². The standard InChI is InChI=1S/C12H20N2O4S/c1-8(11(16)14-9-4-2-3-5-9)19-6-10(12(17)18)13-7-15/h7-10H,2-6H2,1H3,(H,13,15)(H,14,16)(H,17,18). The highest BCUT2D eigenvalue weighted by Crippen LogP contribution is 2.19. The topological polar surface area (TPSA) is 95.5 Å². The van der Waals surface area contributed by atoms with Gasteiger partial charge in [-0.3, -0.25) is 9.59 Å². The van der Waals surface area contributed by atoms with Crippen LogP contribution < -0.4 is 10.6 Å². The SMILES string of the molecule is CC(SCC(NC=O)C(=O)O)C(=O)NC1CCCC1. The Bertz CT molecular complexity index is 332. The molecule has 108 valence electrons. The van der Waals surface area contributed by atoms with Crippen LogP contribution in [0.3, 0.4) is 0 Å². The van der Waals surface area contributed by atoms with Gasteiger partial charge in [0.15, 0.2) is 0 Å². The molecule has 0 aromatic rings. The molecule has 19 heavy (non-hydrogen) atoms. The predicted octanol–water partition coefficient (Wildman–Crippen LogP) is 0.366. The van der Waals surface area contributed by atoms with Crippen molar-refractivity contribution in [2.24, 2.45) is 0 Å². The first-order valence-electron chi connectivity index (χ1n) is 6.39. The lowest BCUT2D eigenvalue weighted by molar-refractivity contribution is -0.139. The van der Waals surface area contributed by atoms with E-state index in [0.717, 1.165) is 25.7 Å². The van der Waals surface area contributed by atoms with E-state index in [4.69, 9.17) is 5.11 Å². The van der Waals surface area contributed by atoms with Crippen molar-refractivity contribution >= 4 is 30.0 Å². The Morgan fingerprint density at radius 3 is 2.58 bits per heavy atom. The lowest BCUT2D eigenvalue weighted by Gasteiger charge is -2.18. The Morgan fingerprint density at radius 1 is 1.42 bits per heavy atom. The Hall–Kier alpha value is -1.24. The van der Waals surface area contributed by atoms with E-state index in [0.29, 0.717) is 6.41 Å². The van der Waals surface area contributed by atoms with Gasteiger partial charge in [-0.05, 0) is 19.8 Å². The highest BCUT2D eigenvalue weighted by Gasteiger charge is 2.23. The Kier molecular flexibility index (Phi) is 6.69. The monoisotopic (exact) mass is 288 g/mol. The first kappa shape index (κ1) is 15.8. The minimum atomic E-state index is -1.09. The summed E-state index contributed by atoms with van der Waals surface area (Å²) >= 11 is 1.23. The quantitative estimate of drug-likeness (QED) is 0.561. The summed E-state index contributed by atoms with van der Waals surface area (Å²) in [5.41, 5.74) is 0. The molecule has 0 radical (unpaired) electrons. The number of aliphatic carboxylic acids is 1. The largest absolute Gasteiger partial charge is 0.480 e. The number of carboxylic acids is 1. The fourth-order valence-corrected chi connectivity index (χ4v) is 2.92. The molecule has 7 heteroatoms. The average molecular weight is 288 g/mol. The van der Waals surface area contributed by atoms with Gasteiger partial charge >= 0.3 is 5.97 Å². The van der Waals surface area contributed by atoms with Crippen LogP contribution in [0.2, 0.25) is 0 Å². The van der Waals surface area contributed by atoms with Crippen LogP contribution in [-0.4, -0.2) is 46.5 Å². The maximum absolute atomic E-state index is 11.9. The number of thioether (sulfide) groups is 1. The minimum absolute atomic E-state index is 0.0628. The van der Waals surface area contributed by atoms with Gasteiger partial charge in [0.2, 0.25) is 12.3 Å². The fourth-order valence-electron chi connectivity index (χ4n) is 1.98. The van der Waals surface area contributed by atoms with Crippen LogP contribution in [0.1, 0.15) is 32.6 Å². The van der Waals surface area contributed by atoms with Crippen LogP contribution in [0.25, 0.3) is 0 Å². The third-order valence-electron chi connectivity index (χ3n) is 3.15. The molecular weight excluding hydrogens is 268 g/mol. The molecule has 6 nitrogen and oxygen atoms in total. The number of carbonyl (C=O) groups excluding carboxylic acids is 2. The summed E-state index contributed by atoms with van der Waals surface area (Å²) in [4.78, 5) is 33.0. The van der Waals surface area contributed by atoms with E-state index >= 15 is 0 Å². The summed E-state index contributed by atoms with van der Waals surface area (Å²) in [6.07, 6.45) is 4.71. The molecule has 1 rings (SSSR count). The molecule has 2 unspecified atom stereocenters. The van der Waals surface area contributed by atoms with Gasteiger partial charge in [0.05, 0.1) is 5.25 Å². The van der Waals surface area contributed by atoms with Crippen molar-refractivity contribution in [2.45, 2.75) is 49.9 Å². The molecule has 1 aliphatic rings. The summed E-state index contributed by atoms with van der Waals surface area (Å²) in [5.74, 6) is -0.983. The van der Waals surface area contributed by atoms with E-state index in [1.54, 1.807) is 6.92 Å².